The second-order valence-electron chi connectivity index (χ2n) is 4.38. The van der Waals surface area contributed by atoms with Crippen LogP contribution in [0.1, 0.15) is 18.4 Å². The molecule has 0 aromatic heterocycles. The molecule has 1 aliphatic heterocycles. The number of nitrogen functional groups attached to an aromatic ring is 1. The summed E-state index contributed by atoms with van der Waals surface area (Å²) < 4.78 is 0. The Hall–Kier alpha value is -1.16. The summed E-state index contributed by atoms with van der Waals surface area (Å²) in [4.78, 5) is 11.8. The van der Waals surface area contributed by atoms with Gasteiger partial charge in [-0.25, -0.2) is 0 Å². The first-order valence-electron chi connectivity index (χ1n) is 5.95. The molecule has 1 amide bonds. The number of carbonyl (C=O) groups is 1. The Labute approximate surface area is 106 Å². The number of anilines is 1. The first kappa shape index (κ1) is 12.3. The highest BCUT2D eigenvalue weighted by Crippen LogP contribution is 2.17. The molecule has 1 saturated heterocycles. The van der Waals surface area contributed by atoms with Crippen LogP contribution in [0.4, 0.5) is 5.69 Å². The summed E-state index contributed by atoms with van der Waals surface area (Å²) in [5.74, 6) is 2.42. The molecule has 0 unspecified atom stereocenters. The van der Waals surface area contributed by atoms with Gasteiger partial charge in [0.1, 0.15) is 0 Å². The number of amides is 1. The fourth-order valence-electron chi connectivity index (χ4n) is 2.01. The first-order chi connectivity index (χ1) is 8.24. The number of nitrogens with one attached hydrogen (secondary N) is 1. The van der Waals surface area contributed by atoms with Crippen LogP contribution < -0.4 is 11.1 Å². The maximum atomic E-state index is 11.8. The maximum Gasteiger partial charge on any atom is 0.224 e. The van der Waals surface area contributed by atoms with Gasteiger partial charge in [-0.05, 0) is 42.0 Å². The molecule has 3 nitrogen and oxygen atoms in total. The molecule has 4 heteroatoms. The SMILES string of the molecule is Nc1cccc(CC(=O)NC2CCSCC2)c1. The van der Waals surface area contributed by atoms with E-state index in [1.165, 1.54) is 0 Å². The Morgan fingerprint density at radius 3 is 2.88 bits per heavy atom. The third-order valence-corrected chi connectivity index (χ3v) is 3.95. The van der Waals surface area contributed by atoms with Crippen LogP contribution in [0.2, 0.25) is 0 Å². The highest BCUT2D eigenvalue weighted by molar-refractivity contribution is 7.99. The van der Waals surface area contributed by atoms with Gasteiger partial charge in [0, 0.05) is 11.7 Å². The van der Waals surface area contributed by atoms with E-state index in [1.807, 2.05) is 36.0 Å². The van der Waals surface area contributed by atoms with E-state index in [0.29, 0.717) is 18.2 Å². The average Bonchev–Trinajstić information content (AvgIpc) is 2.30. The van der Waals surface area contributed by atoms with Gasteiger partial charge in [0.05, 0.1) is 6.42 Å². The zero-order chi connectivity index (χ0) is 12.1. The second-order valence-corrected chi connectivity index (χ2v) is 5.60. The molecule has 1 aromatic carbocycles. The monoisotopic (exact) mass is 250 g/mol. The van der Waals surface area contributed by atoms with Crippen LogP contribution >= 0.6 is 11.8 Å². The Morgan fingerprint density at radius 1 is 1.41 bits per heavy atom. The molecule has 0 radical (unpaired) electrons. The maximum absolute atomic E-state index is 11.8. The van der Waals surface area contributed by atoms with Crippen molar-refractivity contribution in [1.29, 1.82) is 0 Å². The predicted molar refractivity (Wildman–Crippen MR) is 73.0 cm³/mol. The van der Waals surface area contributed by atoms with E-state index in [0.717, 1.165) is 29.9 Å². The standard InChI is InChI=1S/C13H18N2OS/c14-11-3-1-2-10(8-11)9-13(16)15-12-4-6-17-7-5-12/h1-3,8,12H,4-7,9,14H2,(H,15,16). The van der Waals surface area contributed by atoms with Crippen molar-refractivity contribution in [3.8, 4) is 0 Å². The lowest BCUT2D eigenvalue weighted by Crippen LogP contribution is -2.38. The van der Waals surface area contributed by atoms with Crippen LogP contribution in [0.5, 0.6) is 0 Å². The molecule has 0 saturated carbocycles. The highest BCUT2D eigenvalue weighted by Gasteiger charge is 2.15. The van der Waals surface area contributed by atoms with Crippen molar-refractivity contribution in [1.82, 2.24) is 5.32 Å². The molecule has 0 aliphatic carbocycles. The van der Waals surface area contributed by atoms with E-state index in [1.54, 1.807) is 0 Å². The number of hydrogen-bond acceptors (Lipinski definition) is 3. The lowest BCUT2D eigenvalue weighted by Gasteiger charge is -2.22. The fourth-order valence-corrected chi connectivity index (χ4v) is 3.12. The molecular formula is C13H18N2OS. The van der Waals surface area contributed by atoms with Crippen molar-refractivity contribution >= 4 is 23.4 Å². The number of carbonyl (C=O) groups excluding carboxylic acids is 1. The molecule has 1 aromatic rings. The minimum absolute atomic E-state index is 0.104. The molecule has 0 spiro atoms. The normalized spacial score (nSPS) is 16.7. The number of thioether (sulfide) groups is 1. The van der Waals surface area contributed by atoms with Crippen LogP contribution in [-0.2, 0) is 11.2 Å². The van der Waals surface area contributed by atoms with E-state index in [9.17, 15) is 4.79 Å². The van der Waals surface area contributed by atoms with Gasteiger partial charge < -0.3 is 11.1 Å². The van der Waals surface area contributed by atoms with E-state index < -0.39 is 0 Å². The lowest BCUT2D eigenvalue weighted by atomic mass is 10.1. The third-order valence-electron chi connectivity index (χ3n) is 2.90. The average molecular weight is 250 g/mol. The van der Waals surface area contributed by atoms with Crippen LogP contribution in [0.15, 0.2) is 24.3 Å². The third kappa shape index (κ3) is 3.97. The predicted octanol–water partition coefficient (Wildman–Crippen LogP) is 1.82. The quantitative estimate of drug-likeness (QED) is 0.805. The zero-order valence-electron chi connectivity index (χ0n) is 9.82. The molecule has 2 rings (SSSR count). The summed E-state index contributed by atoms with van der Waals surface area (Å²) >= 11 is 1.96. The molecule has 1 heterocycles. The van der Waals surface area contributed by atoms with E-state index in [2.05, 4.69) is 5.32 Å². The van der Waals surface area contributed by atoms with E-state index in [-0.39, 0.29) is 5.91 Å². The Bertz CT molecular complexity index is 389. The summed E-state index contributed by atoms with van der Waals surface area (Å²) in [6.07, 6.45) is 2.61. The summed E-state index contributed by atoms with van der Waals surface area (Å²) in [7, 11) is 0. The molecule has 3 N–H and O–H groups in total. The largest absolute Gasteiger partial charge is 0.399 e. The smallest absolute Gasteiger partial charge is 0.224 e. The van der Waals surface area contributed by atoms with Crippen molar-refractivity contribution in [3.63, 3.8) is 0 Å². The summed E-state index contributed by atoms with van der Waals surface area (Å²) in [6, 6.07) is 7.88. The van der Waals surface area contributed by atoms with Crippen LogP contribution in [0.25, 0.3) is 0 Å². The number of rotatable bonds is 3. The van der Waals surface area contributed by atoms with Crippen molar-refractivity contribution in [2.75, 3.05) is 17.2 Å². The minimum Gasteiger partial charge on any atom is -0.399 e. The highest BCUT2D eigenvalue weighted by atomic mass is 32.2. The van der Waals surface area contributed by atoms with Gasteiger partial charge in [-0.2, -0.15) is 11.8 Å². The van der Waals surface area contributed by atoms with Crippen molar-refractivity contribution < 1.29 is 4.79 Å². The minimum atomic E-state index is 0.104. The Kier molecular flexibility index (Phi) is 4.31. The van der Waals surface area contributed by atoms with Crippen LogP contribution in [-0.4, -0.2) is 23.5 Å². The zero-order valence-corrected chi connectivity index (χ0v) is 10.6. The van der Waals surface area contributed by atoms with Crippen LogP contribution in [0, 0.1) is 0 Å². The van der Waals surface area contributed by atoms with Gasteiger partial charge in [0.25, 0.3) is 0 Å². The van der Waals surface area contributed by atoms with Crippen LogP contribution in [0.3, 0.4) is 0 Å². The van der Waals surface area contributed by atoms with E-state index in [4.69, 9.17) is 5.73 Å². The van der Waals surface area contributed by atoms with Gasteiger partial charge in [0.2, 0.25) is 5.91 Å². The molecule has 0 atom stereocenters. The fraction of sp³-hybridized carbons (Fsp3) is 0.462. The Balaban J connectivity index is 1.84. The van der Waals surface area contributed by atoms with Crippen molar-refractivity contribution in [3.05, 3.63) is 29.8 Å². The lowest BCUT2D eigenvalue weighted by molar-refractivity contribution is -0.121. The number of benzene rings is 1. The van der Waals surface area contributed by atoms with Gasteiger partial charge in [-0.3, -0.25) is 4.79 Å². The molecule has 17 heavy (non-hydrogen) atoms. The molecule has 92 valence electrons. The topological polar surface area (TPSA) is 55.1 Å². The summed E-state index contributed by atoms with van der Waals surface area (Å²) in [6.45, 7) is 0. The number of nitrogens with two attached hydrogens (primary N) is 1. The van der Waals surface area contributed by atoms with Gasteiger partial charge in [-0.15, -0.1) is 0 Å². The van der Waals surface area contributed by atoms with Gasteiger partial charge in [-0.1, -0.05) is 12.1 Å². The second kappa shape index (κ2) is 5.96. The van der Waals surface area contributed by atoms with Gasteiger partial charge in [0.15, 0.2) is 0 Å². The summed E-state index contributed by atoms with van der Waals surface area (Å²) in [5, 5.41) is 3.09. The Morgan fingerprint density at radius 2 is 2.18 bits per heavy atom. The van der Waals surface area contributed by atoms with Crippen molar-refractivity contribution in [2.24, 2.45) is 0 Å². The molecule has 0 bridgehead atoms. The summed E-state index contributed by atoms with van der Waals surface area (Å²) in [5.41, 5.74) is 7.38. The van der Waals surface area contributed by atoms with Crippen molar-refractivity contribution in [2.45, 2.75) is 25.3 Å². The molecular weight excluding hydrogens is 232 g/mol. The molecule has 1 fully saturated rings. The van der Waals surface area contributed by atoms with E-state index >= 15 is 0 Å². The number of hydrogen-bond donors (Lipinski definition) is 2. The first-order valence-corrected chi connectivity index (χ1v) is 7.11. The molecule has 1 aliphatic rings. The van der Waals surface area contributed by atoms with Gasteiger partial charge >= 0.3 is 0 Å².